The number of Topliss-reactive ketones (excluding diaryl/α,β-unsaturated/α-hetero) is 1. The van der Waals surface area contributed by atoms with Crippen LogP contribution in [0.2, 0.25) is 0 Å². The van der Waals surface area contributed by atoms with Crippen LogP contribution in [0.25, 0.3) is 0 Å². The number of rotatable bonds is 3. The highest BCUT2D eigenvalue weighted by Gasteiger charge is 2.24. The fraction of sp³-hybridized carbons (Fsp3) is 0.500. The molecule has 0 bridgehead atoms. The summed E-state index contributed by atoms with van der Waals surface area (Å²) < 4.78 is 16.1. The lowest BCUT2D eigenvalue weighted by Crippen LogP contribution is -2.05. The fourth-order valence-electron chi connectivity index (χ4n) is 2.44. The highest BCUT2D eigenvalue weighted by molar-refractivity contribution is 5.83. The molecular formula is C14H18O4. The minimum Gasteiger partial charge on any atom is -0.493 e. The van der Waals surface area contributed by atoms with Gasteiger partial charge in [0.1, 0.15) is 5.78 Å². The summed E-state index contributed by atoms with van der Waals surface area (Å²) in [4.78, 5) is 11.7. The van der Waals surface area contributed by atoms with Crippen LogP contribution in [0.5, 0.6) is 17.2 Å². The minimum atomic E-state index is 0.249. The third kappa shape index (κ3) is 2.15. The molecular weight excluding hydrogens is 232 g/mol. The highest BCUT2D eigenvalue weighted by Crippen LogP contribution is 2.43. The van der Waals surface area contributed by atoms with E-state index >= 15 is 0 Å². The number of carbonyl (C=O) groups excluding carboxylic acids is 1. The van der Waals surface area contributed by atoms with Gasteiger partial charge >= 0.3 is 0 Å². The van der Waals surface area contributed by atoms with Crippen molar-refractivity contribution in [2.45, 2.75) is 25.7 Å². The molecule has 2 rings (SSSR count). The van der Waals surface area contributed by atoms with E-state index in [0.29, 0.717) is 30.1 Å². The SMILES string of the molecule is COc1cc2c(c(OC)c1OC)CC(=O)CCC2. The van der Waals surface area contributed by atoms with E-state index in [1.54, 1.807) is 21.3 Å². The van der Waals surface area contributed by atoms with Crippen LogP contribution in [0.1, 0.15) is 24.0 Å². The fourth-order valence-corrected chi connectivity index (χ4v) is 2.44. The van der Waals surface area contributed by atoms with Gasteiger partial charge in [0.25, 0.3) is 0 Å². The van der Waals surface area contributed by atoms with Crippen LogP contribution < -0.4 is 14.2 Å². The Kier molecular flexibility index (Phi) is 3.75. The first-order valence-corrected chi connectivity index (χ1v) is 6.03. The molecule has 0 heterocycles. The molecule has 1 aromatic rings. The molecule has 0 unspecified atom stereocenters. The van der Waals surface area contributed by atoms with Gasteiger partial charge < -0.3 is 14.2 Å². The van der Waals surface area contributed by atoms with Crippen molar-refractivity contribution < 1.29 is 19.0 Å². The van der Waals surface area contributed by atoms with Gasteiger partial charge in [-0.15, -0.1) is 0 Å². The average Bonchev–Trinajstić information content (AvgIpc) is 2.56. The van der Waals surface area contributed by atoms with Gasteiger partial charge in [-0.2, -0.15) is 0 Å². The molecule has 0 radical (unpaired) electrons. The van der Waals surface area contributed by atoms with Crippen LogP contribution in [-0.2, 0) is 17.6 Å². The van der Waals surface area contributed by atoms with Crippen molar-refractivity contribution in [1.29, 1.82) is 0 Å². The molecule has 0 saturated heterocycles. The van der Waals surface area contributed by atoms with Crippen molar-refractivity contribution >= 4 is 5.78 Å². The Morgan fingerprint density at radius 1 is 1.00 bits per heavy atom. The molecule has 0 fully saturated rings. The van der Waals surface area contributed by atoms with Gasteiger partial charge in [-0.1, -0.05) is 0 Å². The first-order chi connectivity index (χ1) is 8.71. The highest BCUT2D eigenvalue weighted by atomic mass is 16.5. The van der Waals surface area contributed by atoms with Crippen molar-refractivity contribution in [3.63, 3.8) is 0 Å². The number of hydrogen-bond acceptors (Lipinski definition) is 4. The van der Waals surface area contributed by atoms with Gasteiger partial charge in [0, 0.05) is 18.4 Å². The summed E-state index contributed by atoms with van der Waals surface area (Å²) in [5, 5.41) is 0. The number of ketones is 1. The first-order valence-electron chi connectivity index (χ1n) is 6.03. The van der Waals surface area contributed by atoms with E-state index in [1.165, 1.54) is 0 Å². The first kappa shape index (κ1) is 12.7. The molecule has 4 heteroatoms. The number of methoxy groups -OCH3 is 3. The second-order valence-electron chi connectivity index (χ2n) is 4.35. The largest absolute Gasteiger partial charge is 0.493 e. The summed E-state index contributed by atoms with van der Waals surface area (Å²) in [6, 6.07) is 1.95. The molecule has 0 saturated carbocycles. The quantitative estimate of drug-likeness (QED) is 0.771. The van der Waals surface area contributed by atoms with Crippen LogP contribution in [0.4, 0.5) is 0 Å². The van der Waals surface area contributed by atoms with Crippen molar-refractivity contribution in [3.8, 4) is 17.2 Å². The molecule has 1 aliphatic rings. The standard InChI is InChI=1S/C14H18O4/c1-16-12-7-9-5-4-6-10(15)8-11(9)13(17-2)14(12)18-3/h7H,4-6,8H2,1-3H3. The number of fused-ring (bicyclic) bond motifs is 1. The molecule has 98 valence electrons. The summed E-state index contributed by atoms with van der Waals surface area (Å²) in [5.41, 5.74) is 2.06. The zero-order valence-corrected chi connectivity index (χ0v) is 11.0. The van der Waals surface area contributed by atoms with Crippen molar-refractivity contribution in [2.75, 3.05) is 21.3 Å². The van der Waals surface area contributed by atoms with Crippen LogP contribution in [0.3, 0.4) is 0 Å². The minimum absolute atomic E-state index is 0.249. The number of aryl methyl sites for hydroxylation is 1. The molecule has 0 aliphatic heterocycles. The molecule has 0 atom stereocenters. The maximum atomic E-state index is 11.7. The Labute approximate surface area is 107 Å². The van der Waals surface area contributed by atoms with Crippen LogP contribution >= 0.6 is 0 Å². The molecule has 1 aromatic carbocycles. The van der Waals surface area contributed by atoms with Crippen LogP contribution in [0.15, 0.2) is 6.07 Å². The van der Waals surface area contributed by atoms with E-state index < -0.39 is 0 Å². The van der Waals surface area contributed by atoms with Gasteiger partial charge in [-0.05, 0) is 24.5 Å². The zero-order chi connectivity index (χ0) is 13.1. The van der Waals surface area contributed by atoms with E-state index in [0.717, 1.165) is 24.0 Å². The maximum absolute atomic E-state index is 11.7. The van der Waals surface area contributed by atoms with Gasteiger partial charge in [0.15, 0.2) is 11.5 Å². The summed E-state index contributed by atoms with van der Waals surface area (Å²) in [7, 11) is 4.77. The van der Waals surface area contributed by atoms with E-state index in [9.17, 15) is 4.79 Å². The third-order valence-electron chi connectivity index (χ3n) is 3.30. The second kappa shape index (κ2) is 5.29. The molecule has 0 spiro atoms. The Morgan fingerprint density at radius 2 is 1.72 bits per heavy atom. The van der Waals surface area contributed by atoms with Crippen molar-refractivity contribution in [1.82, 2.24) is 0 Å². The van der Waals surface area contributed by atoms with Crippen molar-refractivity contribution in [3.05, 3.63) is 17.2 Å². The van der Waals surface area contributed by atoms with Crippen LogP contribution in [0, 0.1) is 0 Å². The molecule has 0 N–H and O–H groups in total. The molecule has 1 aliphatic carbocycles. The second-order valence-corrected chi connectivity index (χ2v) is 4.35. The lowest BCUT2D eigenvalue weighted by Gasteiger charge is -2.17. The number of carbonyl (C=O) groups is 1. The number of ether oxygens (including phenoxy) is 3. The van der Waals surface area contributed by atoms with E-state index in [1.807, 2.05) is 6.07 Å². The van der Waals surface area contributed by atoms with E-state index in [4.69, 9.17) is 14.2 Å². The average molecular weight is 250 g/mol. The van der Waals surface area contributed by atoms with E-state index in [2.05, 4.69) is 0 Å². The predicted molar refractivity (Wildman–Crippen MR) is 67.7 cm³/mol. The number of hydrogen-bond donors (Lipinski definition) is 0. The zero-order valence-electron chi connectivity index (χ0n) is 11.0. The smallest absolute Gasteiger partial charge is 0.203 e. The van der Waals surface area contributed by atoms with Crippen LogP contribution in [-0.4, -0.2) is 27.1 Å². The summed E-state index contributed by atoms with van der Waals surface area (Å²) in [6.45, 7) is 0. The number of benzene rings is 1. The normalized spacial score (nSPS) is 14.7. The Bertz CT molecular complexity index is 465. The Hall–Kier alpha value is -1.71. The van der Waals surface area contributed by atoms with Gasteiger partial charge in [0.2, 0.25) is 5.75 Å². The summed E-state index contributed by atoms with van der Waals surface area (Å²) in [6.07, 6.45) is 2.80. The summed E-state index contributed by atoms with van der Waals surface area (Å²) in [5.74, 6) is 2.09. The van der Waals surface area contributed by atoms with Gasteiger partial charge in [0.05, 0.1) is 21.3 Å². The summed E-state index contributed by atoms with van der Waals surface area (Å²) >= 11 is 0. The Morgan fingerprint density at radius 3 is 2.33 bits per heavy atom. The molecule has 0 amide bonds. The van der Waals surface area contributed by atoms with Gasteiger partial charge in [-0.25, -0.2) is 0 Å². The lowest BCUT2D eigenvalue weighted by atomic mass is 10.0. The van der Waals surface area contributed by atoms with E-state index in [-0.39, 0.29) is 5.78 Å². The third-order valence-corrected chi connectivity index (χ3v) is 3.30. The molecule has 18 heavy (non-hydrogen) atoms. The molecule has 4 nitrogen and oxygen atoms in total. The lowest BCUT2D eigenvalue weighted by molar-refractivity contribution is -0.118. The predicted octanol–water partition coefficient (Wildman–Crippen LogP) is 2.16. The van der Waals surface area contributed by atoms with Gasteiger partial charge in [-0.3, -0.25) is 4.79 Å². The monoisotopic (exact) mass is 250 g/mol. The molecule has 0 aromatic heterocycles. The topological polar surface area (TPSA) is 44.8 Å². The maximum Gasteiger partial charge on any atom is 0.203 e. The van der Waals surface area contributed by atoms with Crippen molar-refractivity contribution in [2.24, 2.45) is 0 Å². The Balaban J connectivity index is 2.62.